The Morgan fingerprint density at radius 3 is 1.78 bits per heavy atom. The summed E-state index contributed by atoms with van der Waals surface area (Å²) in [7, 11) is -7.33. The van der Waals surface area contributed by atoms with Gasteiger partial charge in [-0.25, -0.2) is 0 Å². The Hall–Kier alpha value is 0.218. The number of carbonyl (C=O) groups excluding carboxylic acids is 1. The lowest BCUT2D eigenvalue weighted by atomic mass is 10.9. The Morgan fingerprint density at radius 1 is 0.889 bits per heavy atom. The number of hydrogen-bond acceptors (Lipinski definition) is 5. The van der Waals surface area contributed by atoms with Crippen molar-refractivity contribution >= 4 is 41.4 Å². The van der Waals surface area contributed by atoms with Gasteiger partial charge in [0.05, 0.1) is 0 Å². The molecule has 0 atom stereocenters. The molecular weight excluding hydrogens is 300 g/mol. The van der Waals surface area contributed by atoms with E-state index in [1.807, 2.05) is 26.2 Å². The van der Waals surface area contributed by atoms with Crippen LogP contribution in [-0.4, -0.2) is 41.4 Å². The van der Waals surface area contributed by atoms with Crippen molar-refractivity contribution in [2.75, 3.05) is 0 Å². The summed E-state index contributed by atoms with van der Waals surface area (Å²) >= 11 is 0. The molecule has 0 aliphatic heterocycles. The molecule has 18 heavy (non-hydrogen) atoms. The fourth-order valence-corrected chi connectivity index (χ4v) is 15.1. The third kappa shape index (κ3) is 10.2. The molecule has 0 aliphatic rings. The van der Waals surface area contributed by atoms with Gasteiger partial charge in [-0.1, -0.05) is 0 Å². The van der Waals surface area contributed by atoms with E-state index in [2.05, 4.69) is 19.6 Å². The molecule has 0 fully saturated rings. The van der Waals surface area contributed by atoms with Crippen molar-refractivity contribution in [3.8, 4) is 0 Å². The van der Waals surface area contributed by atoms with Crippen LogP contribution in [0.2, 0.25) is 45.8 Å². The molecule has 0 bridgehead atoms. The van der Waals surface area contributed by atoms with Crippen molar-refractivity contribution in [3.05, 3.63) is 0 Å². The molecule has 0 aromatic heterocycles. The lowest BCUT2D eigenvalue weighted by Gasteiger charge is -2.36. The standard InChI is InChI=1S/C9H26O5Si4/c1-9(10)11-15-12-17(5,6)14-18(7,8)13-16(2,3)4/h15H2,1-8H3. The van der Waals surface area contributed by atoms with E-state index in [-0.39, 0.29) is 5.97 Å². The first-order chi connectivity index (χ1) is 7.83. The summed E-state index contributed by atoms with van der Waals surface area (Å²) in [5.74, 6) is -0.290. The highest BCUT2D eigenvalue weighted by Gasteiger charge is 2.39. The van der Waals surface area contributed by atoms with Gasteiger partial charge in [0.25, 0.3) is 5.97 Å². The van der Waals surface area contributed by atoms with Crippen LogP contribution in [0.3, 0.4) is 0 Å². The predicted octanol–water partition coefficient (Wildman–Crippen LogP) is 1.84. The lowest BCUT2D eigenvalue weighted by molar-refractivity contribution is -0.132. The Morgan fingerprint density at radius 2 is 1.39 bits per heavy atom. The molecule has 0 N–H and O–H groups in total. The molecule has 0 rings (SSSR count). The van der Waals surface area contributed by atoms with Crippen LogP contribution in [0.5, 0.6) is 0 Å². The van der Waals surface area contributed by atoms with Gasteiger partial charge in [-0.3, -0.25) is 4.79 Å². The number of rotatable bonds is 7. The molecule has 0 aromatic carbocycles. The Kier molecular flexibility index (Phi) is 6.67. The molecule has 0 unspecified atom stereocenters. The predicted molar refractivity (Wildman–Crippen MR) is 81.9 cm³/mol. The van der Waals surface area contributed by atoms with E-state index in [1.54, 1.807) is 0 Å². The van der Waals surface area contributed by atoms with Crippen LogP contribution < -0.4 is 0 Å². The van der Waals surface area contributed by atoms with Gasteiger partial charge >= 0.3 is 27.1 Å². The van der Waals surface area contributed by atoms with Crippen molar-refractivity contribution < 1.29 is 21.6 Å². The van der Waals surface area contributed by atoms with Crippen LogP contribution in [-0.2, 0) is 21.6 Å². The minimum Gasteiger partial charge on any atom is -0.500 e. The minimum atomic E-state index is -2.26. The quantitative estimate of drug-likeness (QED) is 0.668. The second-order valence-electron chi connectivity index (χ2n) is 6.01. The van der Waals surface area contributed by atoms with E-state index < -0.39 is 35.4 Å². The lowest BCUT2D eigenvalue weighted by Crippen LogP contribution is -2.53. The maximum Gasteiger partial charge on any atom is 0.360 e. The first-order valence-corrected chi connectivity index (χ1v) is 16.2. The normalized spacial score (nSPS) is 14.2. The van der Waals surface area contributed by atoms with Crippen LogP contribution in [0.15, 0.2) is 0 Å². The first-order valence-electron chi connectivity index (χ1n) is 6.01. The Bertz CT molecular complexity index is 287. The molecule has 5 nitrogen and oxygen atoms in total. The van der Waals surface area contributed by atoms with Gasteiger partial charge in [-0.2, -0.15) is 0 Å². The Labute approximate surface area is 116 Å². The maximum absolute atomic E-state index is 10.7. The third-order valence-electron chi connectivity index (χ3n) is 1.71. The maximum atomic E-state index is 10.7. The molecule has 108 valence electrons. The highest BCUT2D eigenvalue weighted by atomic mass is 28.5. The largest absolute Gasteiger partial charge is 0.500 e. The van der Waals surface area contributed by atoms with Crippen LogP contribution in [0.25, 0.3) is 0 Å². The van der Waals surface area contributed by atoms with Crippen LogP contribution in [0.4, 0.5) is 0 Å². The minimum absolute atomic E-state index is 0.290. The van der Waals surface area contributed by atoms with E-state index in [1.165, 1.54) is 6.92 Å². The van der Waals surface area contributed by atoms with Crippen molar-refractivity contribution in [1.29, 1.82) is 0 Å². The van der Waals surface area contributed by atoms with Gasteiger partial charge in [0.15, 0.2) is 8.32 Å². The summed E-state index contributed by atoms with van der Waals surface area (Å²) in [4.78, 5) is 10.7. The average Bonchev–Trinajstić information content (AvgIpc) is 1.93. The SMILES string of the molecule is CC(=O)O[SiH2]O[Si](C)(C)O[Si](C)(C)O[Si](C)(C)C. The summed E-state index contributed by atoms with van der Waals surface area (Å²) in [6.07, 6.45) is 0. The molecule has 0 aliphatic carbocycles. The molecule has 0 saturated heterocycles. The average molecular weight is 327 g/mol. The zero-order valence-electron chi connectivity index (χ0n) is 12.7. The molecule has 0 saturated carbocycles. The second-order valence-corrected chi connectivity index (χ2v) is 19.2. The van der Waals surface area contributed by atoms with Crippen LogP contribution >= 0.6 is 0 Å². The van der Waals surface area contributed by atoms with E-state index >= 15 is 0 Å². The summed E-state index contributed by atoms with van der Waals surface area (Å²) in [5, 5.41) is 0. The highest BCUT2D eigenvalue weighted by molar-refractivity contribution is 6.86. The van der Waals surface area contributed by atoms with Gasteiger partial charge in [-0.05, 0) is 45.8 Å². The summed E-state index contributed by atoms with van der Waals surface area (Å²) < 4.78 is 22.8. The molecule has 9 heteroatoms. The molecule has 0 radical (unpaired) electrons. The molecule has 0 heterocycles. The second kappa shape index (κ2) is 6.59. The number of carbonyl (C=O) groups is 1. The van der Waals surface area contributed by atoms with Gasteiger partial charge in [0.2, 0.25) is 0 Å². The Balaban J connectivity index is 4.32. The first kappa shape index (κ1) is 18.2. The van der Waals surface area contributed by atoms with Gasteiger partial charge < -0.3 is 16.8 Å². The summed E-state index contributed by atoms with van der Waals surface area (Å²) in [6.45, 7) is 15.8. The monoisotopic (exact) mass is 326 g/mol. The fraction of sp³-hybridized carbons (Fsp3) is 0.889. The summed E-state index contributed by atoms with van der Waals surface area (Å²) in [5.41, 5.74) is 0. The zero-order chi connectivity index (χ0) is 14.6. The van der Waals surface area contributed by atoms with E-state index in [0.29, 0.717) is 0 Å². The van der Waals surface area contributed by atoms with Crippen molar-refractivity contribution in [3.63, 3.8) is 0 Å². The van der Waals surface area contributed by atoms with Gasteiger partial charge in [0, 0.05) is 6.92 Å². The third-order valence-corrected chi connectivity index (χ3v) is 13.8. The van der Waals surface area contributed by atoms with Gasteiger partial charge in [-0.15, -0.1) is 0 Å². The van der Waals surface area contributed by atoms with Gasteiger partial charge in [0.1, 0.15) is 0 Å². The van der Waals surface area contributed by atoms with E-state index in [4.69, 9.17) is 16.8 Å². The van der Waals surface area contributed by atoms with Crippen LogP contribution in [0, 0.1) is 0 Å². The van der Waals surface area contributed by atoms with E-state index in [0.717, 1.165) is 0 Å². The van der Waals surface area contributed by atoms with Crippen molar-refractivity contribution in [1.82, 2.24) is 0 Å². The molecule has 0 aromatic rings. The van der Waals surface area contributed by atoms with Crippen molar-refractivity contribution in [2.45, 2.75) is 52.8 Å². The molecular formula is C9H26O5Si4. The van der Waals surface area contributed by atoms with Crippen LogP contribution in [0.1, 0.15) is 6.92 Å². The highest BCUT2D eigenvalue weighted by Crippen LogP contribution is 2.20. The summed E-state index contributed by atoms with van der Waals surface area (Å²) in [6, 6.07) is 0. The zero-order valence-corrected chi connectivity index (χ0v) is 17.2. The van der Waals surface area contributed by atoms with Crippen molar-refractivity contribution in [2.24, 2.45) is 0 Å². The molecule has 0 spiro atoms. The smallest absolute Gasteiger partial charge is 0.360 e. The fourth-order valence-electron chi connectivity index (χ4n) is 1.63. The number of hydrogen-bond donors (Lipinski definition) is 0. The molecule has 0 amide bonds. The topological polar surface area (TPSA) is 54.0 Å². The van der Waals surface area contributed by atoms with E-state index in [9.17, 15) is 4.79 Å².